The molecule has 0 saturated carbocycles. The van der Waals surface area contributed by atoms with Gasteiger partial charge in [0.1, 0.15) is 6.54 Å². The van der Waals surface area contributed by atoms with Crippen LogP contribution < -0.4 is 4.90 Å². The number of likely N-dealkylation sites (tertiary alicyclic amines) is 1. The Labute approximate surface area is 160 Å². The van der Waals surface area contributed by atoms with Crippen molar-refractivity contribution in [2.45, 2.75) is 38.1 Å². The molecule has 1 saturated heterocycles. The molecule has 0 aliphatic carbocycles. The molecular weight excluding hydrogens is 358 g/mol. The van der Waals surface area contributed by atoms with Crippen molar-refractivity contribution in [2.75, 3.05) is 13.1 Å². The van der Waals surface area contributed by atoms with Crippen LogP contribution in [0.25, 0.3) is 11.0 Å². The molecule has 1 N–H and O–H groups in total. The van der Waals surface area contributed by atoms with Crippen LogP contribution in [-0.4, -0.2) is 30.5 Å². The summed E-state index contributed by atoms with van der Waals surface area (Å²) in [7, 11) is -3.69. The third-order valence-corrected chi connectivity index (χ3v) is 7.17. The van der Waals surface area contributed by atoms with Gasteiger partial charge in [0.2, 0.25) is 0 Å². The molecule has 2 heterocycles. The topological polar surface area (TPSA) is 56.4 Å². The zero-order chi connectivity index (χ0) is 19.0. The Morgan fingerprint density at radius 3 is 2.63 bits per heavy atom. The third kappa shape index (κ3) is 3.51. The lowest BCUT2D eigenvalue weighted by Gasteiger charge is -2.27. The molecule has 1 fully saturated rings. The van der Waals surface area contributed by atoms with Gasteiger partial charge in [-0.1, -0.05) is 36.8 Å². The Kier molecular flexibility index (Phi) is 4.78. The second kappa shape index (κ2) is 7.09. The molecule has 2 aromatic carbocycles. The number of aryl methyl sites for hydroxylation is 1. The molecule has 142 valence electrons. The highest BCUT2D eigenvalue weighted by molar-refractivity contribution is 7.90. The Morgan fingerprint density at radius 1 is 1.15 bits per heavy atom. The molecule has 0 spiro atoms. The maximum Gasteiger partial charge on any atom is 0.269 e. The number of fused-ring (bicyclic) bond motifs is 1. The summed E-state index contributed by atoms with van der Waals surface area (Å²) >= 11 is 0. The minimum absolute atomic E-state index is 0.305. The van der Waals surface area contributed by atoms with Gasteiger partial charge in [0, 0.05) is 5.92 Å². The van der Waals surface area contributed by atoms with E-state index in [1.54, 1.807) is 12.1 Å². The molecule has 1 aliphatic heterocycles. The van der Waals surface area contributed by atoms with E-state index in [1.807, 2.05) is 43.3 Å². The number of benzene rings is 2. The van der Waals surface area contributed by atoms with Gasteiger partial charge in [-0.15, -0.1) is 0 Å². The lowest BCUT2D eigenvalue weighted by atomic mass is 10.0. The Morgan fingerprint density at radius 2 is 1.89 bits per heavy atom. The smallest absolute Gasteiger partial charge is 0.269 e. The average Bonchev–Trinajstić information content (AvgIpc) is 3.00. The summed E-state index contributed by atoms with van der Waals surface area (Å²) in [6.45, 7) is 6.98. The van der Waals surface area contributed by atoms with Gasteiger partial charge in [-0.2, -0.15) is 0 Å². The monoisotopic (exact) mass is 384 g/mol. The summed E-state index contributed by atoms with van der Waals surface area (Å²) in [6.07, 6.45) is 2.43. The van der Waals surface area contributed by atoms with Crippen molar-refractivity contribution in [3.05, 3.63) is 59.9 Å². The van der Waals surface area contributed by atoms with E-state index in [0.717, 1.165) is 24.2 Å². The zero-order valence-electron chi connectivity index (χ0n) is 15.9. The van der Waals surface area contributed by atoms with E-state index in [1.165, 1.54) is 21.7 Å². The standard InChI is InChI=1S/C21H25N3O2S/c1-16-9-11-18(12-10-16)27(25,26)24-20-8-4-3-7-19(20)22-21(24)15-23-13-5-6-17(2)14-23/h3-4,7-12,17H,5-6,13-15H2,1-2H3/p+1/t17-/m0/s1. The van der Waals surface area contributed by atoms with E-state index in [9.17, 15) is 8.42 Å². The summed E-state index contributed by atoms with van der Waals surface area (Å²) in [5.41, 5.74) is 2.42. The Bertz CT molecular complexity index is 1050. The number of para-hydroxylation sites is 2. The quantitative estimate of drug-likeness (QED) is 0.752. The van der Waals surface area contributed by atoms with Crippen LogP contribution >= 0.6 is 0 Å². The number of aromatic nitrogens is 2. The van der Waals surface area contributed by atoms with Gasteiger partial charge in [0.25, 0.3) is 10.0 Å². The second-order valence-electron chi connectivity index (χ2n) is 7.73. The fourth-order valence-corrected chi connectivity index (χ4v) is 5.52. The SMILES string of the molecule is Cc1ccc(S(=O)(=O)n2c(C[NH+]3CCC[C@H](C)C3)nc3ccccc32)cc1. The molecule has 4 rings (SSSR count). The van der Waals surface area contributed by atoms with Crippen LogP contribution in [0.2, 0.25) is 0 Å². The number of hydrogen-bond acceptors (Lipinski definition) is 3. The fourth-order valence-electron chi connectivity index (χ4n) is 4.03. The number of imidazole rings is 1. The van der Waals surface area contributed by atoms with Crippen molar-refractivity contribution in [1.29, 1.82) is 0 Å². The molecule has 0 bridgehead atoms. The molecule has 0 amide bonds. The predicted molar refractivity (Wildman–Crippen MR) is 106 cm³/mol. The van der Waals surface area contributed by atoms with E-state index < -0.39 is 10.0 Å². The van der Waals surface area contributed by atoms with Crippen LogP contribution in [0.4, 0.5) is 0 Å². The van der Waals surface area contributed by atoms with Gasteiger partial charge in [-0.05, 0) is 44.0 Å². The highest BCUT2D eigenvalue weighted by atomic mass is 32.2. The first-order valence-corrected chi connectivity index (χ1v) is 11.0. The highest BCUT2D eigenvalue weighted by Gasteiger charge is 2.28. The van der Waals surface area contributed by atoms with Gasteiger partial charge < -0.3 is 4.90 Å². The average molecular weight is 385 g/mol. The first kappa shape index (κ1) is 18.2. The number of rotatable bonds is 4. The summed E-state index contributed by atoms with van der Waals surface area (Å²) in [5.74, 6) is 1.29. The molecule has 27 heavy (non-hydrogen) atoms. The van der Waals surface area contributed by atoms with Crippen LogP contribution in [0, 0.1) is 12.8 Å². The summed E-state index contributed by atoms with van der Waals surface area (Å²) in [4.78, 5) is 6.42. The van der Waals surface area contributed by atoms with E-state index in [0.29, 0.717) is 28.7 Å². The van der Waals surface area contributed by atoms with Crippen molar-refractivity contribution in [3.8, 4) is 0 Å². The van der Waals surface area contributed by atoms with Crippen LogP contribution in [-0.2, 0) is 16.6 Å². The first-order valence-electron chi connectivity index (χ1n) is 9.57. The van der Waals surface area contributed by atoms with Gasteiger partial charge in [0.15, 0.2) is 5.82 Å². The molecule has 3 aromatic rings. The molecule has 1 aliphatic rings. The van der Waals surface area contributed by atoms with Crippen molar-refractivity contribution in [2.24, 2.45) is 5.92 Å². The maximum absolute atomic E-state index is 13.5. The van der Waals surface area contributed by atoms with Crippen molar-refractivity contribution >= 4 is 21.1 Å². The molecule has 1 aromatic heterocycles. The van der Waals surface area contributed by atoms with Crippen molar-refractivity contribution in [3.63, 3.8) is 0 Å². The van der Waals surface area contributed by atoms with Crippen molar-refractivity contribution in [1.82, 2.24) is 8.96 Å². The van der Waals surface area contributed by atoms with E-state index in [-0.39, 0.29) is 0 Å². The third-order valence-electron chi connectivity index (χ3n) is 5.42. The van der Waals surface area contributed by atoms with Crippen LogP contribution in [0.3, 0.4) is 0 Å². The van der Waals surface area contributed by atoms with Crippen LogP contribution in [0.15, 0.2) is 53.4 Å². The fraction of sp³-hybridized carbons (Fsp3) is 0.381. The van der Waals surface area contributed by atoms with E-state index in [2.05, 4.69) is 6.92 Å². The normalized spacial score (nSPS) is 20.8. The summed E-state index contributed by atoms with van der Waals surface area (Å²) < 4.78 is 28.4. The van der Waals surface area contributed by atoms with Gasteiger partial charge in [-0.3, -0.25) is 0 Å². The van der Waals surface area contributed by atoms with Crippen molar-refractivity contribution < 1.29 is 13.3 Å². The minimum atomic E-state index is -3.69. The Balaban J connectivity index is 1.81. The first-order chi connectivity index (χ1) is 12.9. The molecular formula is C21H26N3O2S+. The molecule has 0 radical (unpaired) electrons. The van der Waals surface area contributed by atoms with Crippen LogP contribution in [0.1, 0.15) is 31.2 Å². The zero-order valence-corrected chi connectivity index (χ0v) is 16.7. The molecule has 5 nitrogen and oxygen atoms in total. The number of nitrogens with zero attached hydrogens (tertiary/aromatic N) is 2. The largest absolute Gasteiger partial charge is 0.328 e. The number of piperidine rings is 1. The summed E-state index contributed by atoms with van der Waals surface area (Å²) in [6, 6.07) is 14.5. The number of nitrogens with one attached hydrogen (secondary N) is 1. The van der Waals surface area contributed by atoms with Gasteiger partial charge in [0.05, 0.1) is 29.0 Å². The highest BCUT2D eigenvalue weighted by Crippen LogP contribution is 2.23. The van der Waals surface area contributed by atoms with E-state index >= 15 is 0 Å². The Hall–Kier alpha value is -2.18. The molecule has 6 heteroatoms. The van der Waals surface area contributed by atoms with Gasteiger partial charge in [-0.25, -0.2) is 17.4 Å². The minimum Gasteiger partial charge on any atom is -0.328 e. The molecule has 2 atom stereocenters. The maximum atomic E-state index is 13.5. The van der Waals surface area contributed by atoms with Gasteiger partial charge >= 0.3 is 0 Å². The van der Waals surface area contributed by atoms with Crippen LogP contribution in [0.5, 0.6) is 0 Å². The lowest BCUT2D eigenvalue weighted by Crippen LogP contribution is -3.12. The molecule has 1 unspecified atom stereocenters. The predicted octanol–water partition coefficient (Wildman–Crippen LogP) is 2.40. The second-order valence-corrected chi connectivity index (χ2v) is 9.51. The summed E-state index contributed by atoms with van der Waals surface area (Å²) in [5, 5.41) is 0. The number of hydrogen-bond donors (Lipinski definition) is 1. The van der Waals surface area contributed by atoms with E-state index in [4.69, 9.17) is 4.98 Å². The number of quaternary nitrogens is 1. The lowest BCUT2D eigenvalue weighted by molar-refractivity contribution is -0.922.